The Morgan fingerprint density at radius 2 is 2.00 bits per heavy atom. The van der Waals surface area contributed by atoms with Gasteiger partial charge in [0.2, 0.25) is 0 Å². The highest BCUT2D eigenvalue weighted by molar-refractivity contribution is 7.77. The summed E-state index contributed by atoms with van der Waals surface area (Å²) >= 11 is 3.13. The van der Waals surface area contributed by atoms with Crippen molar-refractivity contribution in [2.45, 2.75) is 0 Å². The number of hydrazine groups is 1. The van der Waals surface area contributed by atoms with Gasteiger partial charge in [-0.25, -0.2) is 5.84 Å². The van der Waals surface area contributed by atoms with Gasteiger partial charge in [0.1, 0.15) is 0 Å². The van der Waals surface area contributed by atoms with Gasteiger partial charge in [-0.05, 0) is 0 Å². The Hall–Kier alpha value is 0.230. The van der Waals surface area contributed by atoms with E-state index < -0.39 is 0 Å². The Labute approximate surface area is 29.5 Å². The Bertz CT molecular complexity index is 10.8. The number of thiol groups is 1. The van der Waals surface area contributed by atoms with E-state index in [1.165, 1.54) is 0 Å². The summed E-state index contributed by atoms with van der Waals surface area (Å²) in [5.74, 6) is 4.36. The Morgan fingerprint density at radius 1 is 2.00 bits per heavy atom. The zero-order chi connectivity index (χ0) is 3.58. The van der Waals surface area contributed by atoms with Crippen LogP contribution in [0.25, 0.3) is 0 Å². The van der Waals surface area contributed by atoms with Crippen LogP contribution in [0.4, 0.5) is 0 Å². The van der Waals surface area contributed by atoms with E-state index in [2.05, 4.69) is 18.7 Å². The fourth-order valence-electron chi connectivity index (χ4n) is 0. The molecular formula is H4N2OS. The zero-order valence-electron chi connectivity index (χ0n) is 1.92. The second-order valence-corrected chi connectivity index (χ2v) is 0.730. The number of nitrogens with two attached hydrogens (primary N) is 1. The van der Waals surface area contributed by atoms with E-state index in [0.717, 1.165) is 0 Å². The average molecular weight is 80.1 g/mol. The summed E-state index contributed by atoms with van der Waals surface area (Å²) in [4.78, 5) is 0. The maximum atomic E-state index is 7.53. The molecule has 0 aromatic rings. The van der Waals surface area contributed by atoms with Crippen LogP contribution in [0.3, 0.4) is 0 Å². The molecule has 0 spiro atoms. The zero-order valence-corrected chi connectivity index (χ0v) is 2.81. The maximum absolute atomic E-state index is 7.53. The fourth-order valence-corrected chi connectivity index (χ4v) is 0. The topological polar surface area (TPSA) is 49.5 Å². The Morgan fingerprint density at radius 3 is 2.00 bits per heavy atom. The molecule has 0 aliphatic rings. The van der Waals surface area contributed by atoms with Crippen molar-refractivity contribution < 1.29 is 5.21 Å². The number of hydrogen-bond donors (Lipinski definition) is 3. The van der Waals surface area contributed by atoms with Gasteiger partial charge < -0.3 is 0 Å². The lowest BCUT2D eigenvalue weighted by atomic mass is 12.8. The van der Waals surface area contributed by atoms with Gasteiger partial charge in [-0.3, -0.25) is 5.21 Å². The van der Waals surface area contributed by atoms with E-state index in [-0.39, 0.29) is 4.58 Å². The van der Waals surface area contributed by atoms with Crippen LogP contribution >= 0.6 is 12.8 Å². The molecular weight excluding hydrogens is 76.1 g/mol. The molecule has 4 heteroatoms. The maximum Gasteiger partial charge on any atom is -0.0506 e. The quantitative estimate of drug-likeness (QED) is 0.207. The van der Waals surface area contributed by atoms with Crippen LogP contribution in [0.1, 0.15) is 0 Å². The predicted molar refractivity (Wildman–Crippen MR) is 16.8 cm³/mol. The molecule has 0 aromatic heterocycles. The minimum atomic E-state index is 0.194. The first-order valence-corrected chi connectivity index (χ1v) is 1.06. The van der Waals surface area contributed by atoms with E-state index in [1.807, 2.05) is 0 Å². The molecule has 3 nitrogen and oxygen atoms in total. The van der Waals surface area contributed by atoms with Gasteiger partial charge in [0.05, 0.1) is 0 Å². The first kappa shape index (κ1) is 4.23. The van der Waals surface area contributed by atoms with E-state index >= 15 is 0 Å². The molecule has 0 radical (unpaired) electrons. The van der Waals surface area contributed by atoms with Gasteiger partial charge in [-0.15, -0.1) is 0 Å². The number of nitrogens with zero attached hydrogens (tertiary/aromatic N) is 1. The second kappa shape index (κ2) is 1.54. The summed E-state index contributed by atoms with van der Waals surface area (Å²) in [5, 5.41) is 7.53. The predicted octanol–water partition coefficient (Wildman–Crippen LogP) is -0.604. The Balaban J connectivity index is 2.32. The Kier molecular flexibility index (Phi) is 1.63. The van der Waals surface area contributed by atoms with E-state index in [9.17, 15) is 0 Å². The van der Waals surface area contributed by atoms with Crippen LogP contribution in [0.5, 0.6) is 0 Å². The molecule has 0 saturated heterocycles. The second-order valence-electron chi connectivity index (χ2n) is 0.320. The molecule has 0 aliphatic heterocycles. The van der Waals surface area contributed by atoms with Gasteiger partial charge in [0.15, 0.2) is 0 Å². The highest BCUT2D eigenvalue weighted by atomic mass is 32.1. The molecule has 4 heavy (non-hydrogen) atoms. The molecule has 0 atom stereocenters. The van der Waals surface area contributed by atoms with Crippen LogP contribution in [0, 0.1) is 0 Å². The minimum absolute atomic E-state index is 0.194. The van der Waals surface area contributed by atoms with Crippen molar-refractivity contribution in [2.24, 2.45) is 5.84 Å². The number of rotatable bonds is 0. The smallest absolute Gasteiger partial charge is 0.0506 e. The van der Waals surface area contributed by atoms with Gasteiger partial charge in [0.25, 0.3) is 0 Å². The van der Waals surface area contributed by atoms with E-state index in [0.29, 0.717) is 0 Å². The largest absolute Gasteiger partial charge is 0.289 e. The number of hydrogen-bond acceptors (Lipinski definition) is 4. The highest BCUT2D eigenvalue weighted by Crippen LogP contribution is 1.62. The standard InChI is InChI=1S/H4N2OS/c1-2(3)4/h3-4H,1H2. The van der Waals surface area contributed by atoms with Crippen molar-refractivity contribution in [3.8, 4) is 0 Å². The minimum Gasteiger partial charge on any atom is -0.289 e. The third-order valence-corrected chi connectivity index (χ3v) is 0. The third kappa shape index (κ3) is 63.8. The van der Waals surface area contributed by atoms with Gasteiger partial charge >= 0.3 is 0 Å². The van der Waals surface area contributed by atoms with Gasteiger partial charge in [-0.2, -0.15) is 0 Å². The summed E-state index contributed by atoms with van der Waals surface area (Å²) < 4.78 is 0.194. The summed E-state index contributed by atoms with van der Waals surface area (Å²) in [7, 11) is 0. The molecule has 0 saturated carbocycles. The van der Waals surface area contributed by atoms with E-state index in [4.69, 9.17) is 5.21 Å². The lowest BCUT2D eigenvalue weighted by molar-refractivity contribution is 0.0194. The van der Waals surface area contributed by atoms with Crippen LogP contribution in [-0.4, -0.2) is 9.78 Å². The summed E-state index contributed by atoms with van der Waals surface area (Å²) in [6, 6.07) is 0. The molecule has 0 heterocycles. The summed E-state index contributed by atoms with van der Waals surface area (Å²) in [6.45, 7) is 0. The third-order valence-electron chi connectivity index (χ3n) is 0. The fraction of sp³-hybridized carbons (Fsp3) is 0. The summed E-state index contributed by atoms with van der Waals surface area (Å²) in [6.07, 6.45) is 0. The van der Waals surface area contributed by atoms with Crippen molar-refractivity contribution in [3.05, 3.63) is 0 Å². The van der Waals surface area contributed by atoms with Gasteiger partial charge in [-0.1, -0.05) is 17.4 Å². The molecule has 0 rings (SSSR count). The molecule has 0 unspecified atom stereocenters. The molecule has 26 valence electrons. The normalized spacial score (nSPS) is 9.00. The molecule has 0 amide bonds. The molecule has 0 aromatic carbocycles. The van der Waals surface area contributed by atoms with Crippen molar-refractivity contribution in [1.29, 1.82) is 0 Å². The molecule has 0 aliphatic carbocycles. The average Bonchev–Trinajstić information content (AvgIpc) is 0.811. The monoisotopic (exact) mass is 80.0 g/mol. The van der Waals surface area contributed by atoms with Crippen molar-refractivity contribution in [1.82, 2.24) is 4.58 Å². The summed E-state index contributed by atoms with van der Waals surface area (Å²) in [5.41, 5.74) is 0. The van der Waals surface area contributed by atoms with Crippen LogP contribution in [-0.2, 0) is 0 Å². The molecule has 0 bridgehead atoms. The molecule has 0 fully saturated rings. The molecule has 3 N–H and O–H groups in total. The van der Waals surface area contributed by atoms with Crippen LogP contribution < -0.4 is 5.84 Å². The van der Waals surface area contributed by atoms with Crippen molar-refractivity contribution in [3.63, 3.8) is 0 Å². The lowest BCUT2D eigenvalue weighted by Crippen LogP contribution is -2.13. The van der Waals surface area contributed by atoms with E-state index in [1.54, 1.807) is 0 Å². The first-order chi connectivity index (χ1) is 1.73. The lowest BCUT2D eigenvalue weighted by Gasteiger charge is -1.87. The van der Waals surface area contributed by atoms with Gasteiger partial charge in [0, 0.05) is 0 Å². The van der Waals surface area contributed by atoms with Crippen molar-refractivity contribution in [2.75, 3.05) is 0 Å². The SMILES string of the molecule is NN(O)S. The van der Waals surface area contributed by atoms with Crippen molar-refractivity contribution >= 4 is 12.8 Å². The van der Waals surface area contributed by atoms with Crippen LogP contribution in [0.2, 0.25) is 0 Å². The van der Waals surface area contributed by atoms with Crippen LogP contribution in [0.15, 0.2) is 0 Å². The highest BCUT2D eigenvalue weighted by Gasteiger charge is 1.61. The first-order valence-electron chi connectivity index (χ1n) is 0.658.